The molecule has 0 bridgehead atoms. The SMILES string of the molecule is OC(CN1CCN(Cc2ccncc2)CC1)c1ccc(Cl)cc1. The van der Waals surface area contributed by atoms with E-state index in [1.165, 1.54) is 5.56 Å². The van der Waals surface area contributed by atoms with E-state index < -0.39 is 6.10 Å². The second kappa shape index (κ2) is 7.88. The Balaban J connectivity index is 1.46. The molecule has 1 saturated heterocycles. The smallest absolute Gasteiger partial charge is 0.0916 e. The van der Waals surface area contributed by atoms with Crippen molar-refractivity contribution in [2.75, 3.05) is 32.7 Å². The summed E-state index contributed by atoms with van der Waals surface area (Å²) in [5, 5.41) is 11.1. The number of nitrogens with zero attached hydrogens (tertiary/aromatic N) is 3. The van der Waals surface area contributed by atoms with Crippen molar-refractivity contribution >= 4 is 11.6 Å². The Morgan fingerprint density at radius 3 is 2.22 bits per heavy atom. The van der Waals surface area contributed by atoms with Crippen LogP contribution in [0.25, 0.3) is 0 Å². The zero-order valence-corrected chi connectivity index (χ0v) is 13.9. The molecule has 3 rings (SSSR count). The van der Waals surface area contributed by atoms with Crippen LogP contribution in [0.5, 0.6) is 0 Å². The number of aliphatic hydroxyl groups excluding tert-OH is 1. The first kappa shape index (κ1) is 16.4. The number of benzene rings is 1. The van der Waals surface area contributed by atoms with E-state index in [2.05, 4.69) is 26.9 Å². The first-order valence-corrected chi connectivity index (χ1v) is 8.35. The van der Waals surface area contributed by atoms with Crippen LogP contribution in [0, 0.1) is 0 Å². The quantitative estimate of drug-likeness (QED) is 0.914. The monoisotopic (exact) mass is 331 g/mol. The molecular weight excluding hydrogens is 310 g/mol. The van der Waals surface area contributed by atoms with Gasteiger partial charge in [-0.15, -0.1) is 0 Å². The van der Waals surface area contributed by atoms with Gasteiger partial charge in [-0.3, -0.25) is 14.8 Å². The molecule has 23 heavy (non-hydrogen) atoms. The van der Waals surface area contributed by atoms with Crippen LogP contribution in [0.2, 0.25) is 5.02 Å². The van der Waals surface area contributed by atoms with Crippen molar-refractivity contribution in [1.82, 2.24) is 14.8 Å². The first-order valence-electron chi connectivity index (χ1n) is 7.98. The summed E-state index contributed by atoms with van der Waals surface area (Å²) in [5.41, 5.74) is 2.23. The van der Waals surface area contributed by atoms with E-state index in [4.69, 9.17) is 11.6 Å². The molecule has 1 N–H and O–H groups in total. The lowest BCUT2D eigenvalue weighted by Gasteiger charge is -2.35. The van der Waals surface area contributed by atoms with Crippen LogP contribution in [0.3, 0.4) is 0 Å². The van der Waals surface area contributed by atoms with Crippen LogP contribution in [-0.2, 0) is 6.54 Å². The Labute approximate surface area is 142 Å². The average Bonchev–Trinajstić information content (AvgIpc) is 2.58. The average molecular weight is 332 g/mol. The molecule has 1 aliphatic heterocycles. The van der Waals surface area contributed by atoms with Crippen LogP contribution >= 0.6 is 11.6 Å². The van der Waals surface area contributed by atoms with Crippen LogP contribution in [0.15, 0.2) is 48.8 Å². The molecule has 1 aliphatic rings. The summed E-state index contributed by atoms with van der Waals surface area (Å²) in [6.45, 7) is 5.65. The highest BCUT2D eigenvalue weighted by molar-refractivity contribution is 6.30. The van der Waals surface area contributed by atoms with E-state index in [-0.39, 0.29) is 0 Å². The molecule has 2 aromatic rings. The fourth-order valence-electron chi connectivity index (χ4n) is 2.91. The van der Waals surface area contributed by atoms with Gasteiger partial charge >= 0.3 is 0 Å². The maximum atomic E-state index is 10.4. The van der Waals surface area contributed by atoms with Gasteiger partial charge in [-0.1, -0.05) is 23.7 Å². The van der Waals surface area contributed by atoms with Crippen LogP contribution in [0.4, 0.5) is 0 Å². The fraction of sp³-hybridized carbons (Fsp3) is 0.389. The van der Waals surface area contributed by atoms with Gasteiger partial charge in [-0.05, 0) is 35.4 Å². The largest absolute Gasteiger partial charge is 0.387 e. The second-order valence-corrected chi connectivity index (χ2v) is 6.44. The highest BCUT2D eigenvalue weighted by Crippen LogP contribution is 2.18. The number of piperazine rings is 1. The lowest BCUT2D eigenvalue weighted by molar-refractivity contribution is 0.0701. The molecule has 0 radical (unpaired) electrons. The maximum absolute atomic E-state index is 10.4. The summed E-state index contributed by atoms with van der Waals surface area (Å²) in [5.74, 6) is 0. The summed E-state index contributed by atoms with van der Waals surface area (Å²) in [6.07, 6.45) is 3.22. The molecule has 1 atom stereocenters. The normalized spacial score (nSPS) is 18.0. The Kier molecular flexibility index (Phi) is 5.62. The van der Waals surface area contributed by atoms with Crippen molar-refractivity contribution in [3.8, 4) is 0 Å². The molecule has 1 unspecified atom stereocenters. The Bertz CT molecular complexity index is 597. The van der Waals surface area contributed by atoms with Crippen molar-refractivity contribution in [1.29, 1.82) is 0 Å². The molecule has 0 aliphatic carbocycles. The highest BCUT2D eigenvalue weighted by atomic mass is 35.5. The zero-order valence-electron chi connectivity index (χ0n) is 13.1. The van der Waals surface area contributed by atoms with E-state index in [9.17, 15) is 5.11 Å². The van der Waals surface area contributed by atoms with Gasteiger partial charge < -0.3 is 5.11 Å². The van der Waals surface area contributed by atoms with Crippen molar-refractivity contribution in [3.63, 3.8) is 0 Å². The molecule has 1 fully saturated rings. The van der Waals surface area contributed by atoms with E-state index in [0.717, 1.165) is 38.3 Å². The van der Waals surface area contributed by atoms with Crippen molar-refractivity contribution in [2.45, 2.75) is 12.6 Å². The summed E-state index contributed by atoms with van der Waals surface area (Å²) >= 11 is 5.89. The molecular formula is C18H22ClN3O. The van der Waals surface area contributed by atoms with Gasteiger partial charge in [0.2, 0.25) is 0 Å². The van der Waals surface area contributed by atoms with E-state index in [1.54, 1.807) is 0 Å². The lowest BCUT2D eigenvalue weighted by Crippen LogP contribution is -2.47. The predicted molar refractivity (Wildman–Crippen MR) is 92.4 cm³/mol. The molecule has 1 aromatic carbocycles. The predicted octanol–water partition coefficient (Wildman–Crippen LogP) is 2.59. The van der Waals surface area contributed by atoms with Gasteiger partial charge in [0.25, 0.3) is 0 Å². The Morgan fingerprint density at radius 2 is 1.57 bits per heavy atom. The molecule has 0 spiro atoms. The second-order valence-electron chi connectivity index (χ2n) is 6.00. The van der Waals surface area contributed by atoms with E-state index in [1.807, 2.05) is 36.7 Å². The highest BCUT2D eigenvalue weighted by Gasteiger charge is 2.20. The topological polar surface area (TPSA) is 39.6 Å². The number of hydrogen-bond donors (Lipinski definition) is 1. The zero-order chi connectivity index (χ0) is 16.1. The number of rotatable bonds is 5. The Hall–Kier alpha value is -1.46. The van der Waals surface area contributed by atoms with Crippen molar-refractivity contribution < 1.29 is 5.11 Å². The minimum atomic E-state index is -0.459. The third kappa shape index (κ3) is 4.75. The molecule has 0 amide bonds. The molecule has 5 heteroatoms. The summed E-state index contributed by atoms with van der Waals surface area (Å²) < 4.78 is 0. The van der Waals surface area contributed by atoms with Crippen LogP contribution < -0.4 is 0 Å². The summed E-state index contributed by atoms with van der Waals surface area (Å²) in [7, 11) is 0. The lowest BCUT2D eigenvalue weighted by atomic mass is 10.1. The van der Waals surface area contributed by atoms with Crippen LogP contribution in [-0.4, -0.2) is 52.6 Å². The van der Waals surface area contributed by atoms with Gasteiger partial charge in [0.15, 0.2) is 0 Å². The number of aliphatic hydroxyl groups is 1. The fourth-order valence-corrected chi connectivity index (χ4v) is 3.04. The summed E-state index contributed by atoms with van der Waals surface area (Å²) in [6, 6.07) is 11.6. The van der Waals surface area contributed by atoms with Gasteiger partial charge in [0, 0.05) is 56.7 Å². The standard InChI is InChI=1S/C18H22ClN3O/c19-17-3-1-16(2-4-17)18(23)14-22-11-9-21(10-12-22)13-15-5-7-20-8-6-15/h1-8,18,23H,9-14H2. The number of β-amino-alcohol motifs (C(OH)–C–C–N with tert-alkyl or cyclic N) is 1. The van der Waals surface area contributed by atoms with Gasteiger partial charge in [-0.25, -0.2) is 0 Å². The number of hydrogen-bond acceptors (Lipinski definition) is 4. The number of halogens is 1. The van der Waals surface area contributed by atoms with E-state index >= 15 is 0 Å². The maximum Gasteiger partial charge on any atom is 0.0916 e. The Morgan fingerprint density at radius 1 is 0.957 bits per heavy atom. The molecule has 1 aromatic heterocycles. The third-order valence-electron chi connectivity index (χ3n) is 4.31. The molecule has 2 heterocycles. The van der Waals surface area contributed by atoms with Crippen molar-refractivity contribution in [3.05, 3.63) is 64.9 Å². The first-order chi connectivity index (χ1) is 11.2. The molecule has 0 saturated carbocycles. The third-order valence-corrected chi connectivity index (χ3v) is 4.56. The summed E-state index contributed by atoms with van der Waals surface area (Å²) in [4.78, 5) is 8.82. The minimum absolute atomic E-state index is 0.459. The number of aromatic nitrogens is 1. The van der Waals surface area contributed by atoms with Gasteiger partial charge in [0.1, 0.15) is 0 Å². The van der Waals surface area contributed by atoms with Gasteiger partial charge in [0.05, 0.1) is 6.10 Å². The van der Waals surface area contributed by atoms with E-state index in [0.29, 0.717) is 11.6 Å². The van der Waals surface area contributed by atoms with Gasteiger partial charge in [-0.2, -0.15) is 0 Å². The molecule has 4 nitrogen and oxygen atoms in total. The van der Waals surface area contributed by atoms with Crippen molar-refractivity contribution in [2.24, 2.45) is 0 Å². The minimum Gasteiger partial charge on any atom is -0.387 e. The van der Waals surface area contributed by atoms with Crippen LogP contribution in [0.1, 0.15) is 17.2 Å². The molecule has 122 valence electrons. The number of pyridine rings is 1.